The van der Waals surface area contributed by atoms with Gasteiger partial charge in [0.1, 0.15) is 5.60 Å². The van der Waals surface area contributed by atoms with E-state index in [1.54, 1.807) is 7.11 Å². The standard InChI is InChI=1S/C15H25N3O/c1-11-9-12(10-16)18-13(17-11)15(19-4)7-5-14(2,3)6-8-15/h9H,5-8,10,16H2,1-4H3. The van der Waals surface area contributed by atoms with Crippen LogP contribution in [-0.4, -0.2) is 17.1 Å². The first-order valence-electron chi connectivity index (χ1n) is 7.01. The zero-order valence-electron chi connectivity index (χ0n) is 12.5. The highest BCUT2D eigenvalue weighted by Crippen LogP contribution is 2.46. The zero-order chi connectivity index (χ0) is 14.1. The van der Waals surface area contributed by atoms with E-state index in [9.17, 15) is 0 Å². The molecule has 1 saturated carbocycles. The highest BCUT2D eigenvalue weighted by Gasteiger charge is 2.42. The van der Waals surface area contributed by atoms with Crippen LogP contribution < -0.4 is 5.73 Å². The van der Waals surface area contributed by atoms with Crippen molar-refractivity contribution in [2.75, 3.05) is 7.11 Å². The Balaban J connectivity index is 2.34. The van der Waals surface area contributed by atoms with Crippen LogP contribution in [0.3, 0.4) is 0 Å². The van der Waals surface area contributed by atoms with Crippen LogP contribution in [0, 0.1) is 12.3 Å². The molecule has 0 saturated heterocycles. The van der Waals surface area contributed by atoms with E-state index in [-0.39, 0.29) is 5.60 Å². The van der Waals surface area contributed by atoms with E-state index < -0.39 is 0 Å². The minimum absolute atomic E-state index is 0.328. The second kappa shape index (κ2) is 5.17. The summed E-state index contributed by atoms with van der Waals surface area (Å²) in [6.45, 7) is 7.06. The van der Waals surface area contributed by atoms with Crippen molar-refractivity contribution in [1.82, 2.24) is 9.97 Å². The topological polar surface area (TPSA) is 61.0 Å². The lowest BCUT2D eigenvalue weighted by Crippen LogP contribution is -2.38. The second-order valence-corrected chi connectivity index (χ2v) is 6.39. The fourth-order valence-electron chi connectivity index (χ4n) is 2.79. The maximum Gasteiger partial charge on any atom is 0.160 e. The predicted octanol–water partition coefficient (Wildman–Crippen LogP) is 2.69. The van der Waals surface area contributed by atoms with E-state index in [1.807, 2.05) is 13.0 Å². The Labute approximate surface area is 115 Å². The van der Waals surface area contributed by atoms with Crippen molar-refractivity contribution in [3.8, 4) is 0 Å². The molecule has 1 fully saturated rings. The van der Waals surface area contributed by atoms with Crippen LogP contribution in [0.5, 0.6) is 0 Å². The second-order valence-electron chi connectivity index (χ2n) is 6.39. The molecule has 1 aromatic rings. The van der Waals surface area contributed by atoms with E-state index in [0.29, 0.717) is 12.0 Å². The molecule has 1 heterocycles. The molecule has 106 valence electrons. The molecule has 0 spiro atoms. The normalized spacial score (nSPS) is 21.3. The molecule has 0 aromatic carbocycles. The first-order valence-corrected chi connectivity index (χ1v) is 7.01. The van der Waals surface area contributed by atoms with Crippen molar-refractivity contribution in [3.05, 3.63) is 23.3 Å². The molecule has 19 heavy (non-hydrogen) atoms. The molecule has 1 aliphatic rings. The van der Waals surface area contributed by atoms with Gasteiger partial charge in [0.2, 0.25) is 0 Å². The number of rotatable bonds is 3. The Kier molecular flexibility index (Phi) is 3.92. The van der Waals surface area contributed by atoms with Gasteiger partial charge in [-0.25, -0.2) is 9.97 Å². The fourth-order valence-corrected chi connectivity index (χ4v) is 2.79. The molecule has 0 amide bonds. The summed E-state index contributed by atoms with van der Waals surface area (Å²) in [5.74, 6) is 0.811. The summed E-state index contributed by atoms with van der Waals surface area (Å²) >= 11 is 0. The summed E-state index contributed by atoms with van der Waals surface area (Å²) in [5.41, 5.74) is 7.63. The Bertz CT molecular complexity index is 447. The number of hydrogen-bond acceptors (Lipinski definition) is 4. The highest BCUT2D eigenvalue weighted by molar-refractivity contribution is 5.15. The van der Waals surface area contributed by atoms with E-state index in [2.05, 4.69) is 23.8 Å². The Morgan fingerprint density at radius 3 is 2.37 bits per heavy atom. The van der Waals surface area contributed by atoms with Gasteiger partial charge in [-0.15, -0.1) is 0 Å². The number of aromatic nitrogens is 2. The van der Waals surface area contributed by atoms with Crippen LogP contribution in [0.1, 0.15) is 56.7 Å². The van der Waals surface area contributed by atoms with Crippen molar-refractivity contribution in [3.63, 3.8) is 0 Å². The maximum atomic E-state index is 5.85. The van der Waals surface area contributed by atoms with Gasteiger partial charge in [0.25, 0.3) is 0 Å². The lowest BCUT2D eigenvalue weighted by atomic mass is 9.70. The van der Waals surface area contributed by atoms with Gasteiger partial charge in [-0.3, -0.25) is 0 Å². The molecule has 2 rings (SSSR count). The smallest absolute Gasteiger partial charge is 0.160 e. The number of nitrogens with zero attached hydrogens (tertiary/aromatic N) is 2. The van der Waals surface area contributed by atoms with E-state index in [0.717, 1.165) is 42.9 Å². The molecule has 4 nitrogen and oxygen atoms in total. The van der Waals surface area contributed by atoms with Gasteiger partial charge in [0.15, 0.2) is 5.82 Å². The van der Waals surface area contributed by atoms with Crippen LogP contribution in [0.2, 0.25) is 0 Å². The van der Waals surface area contributed by atoms with Crippen LogP contribution in [0.4, 0.5) is 0 Å². The Morgan fingerprint density at radius 2 is 1.84 bits per heavy atom. The number of methoxy groups -OCH3 is 1. The van der Waals surface area contributed by atoms with Crippen molar-refractivity contribution in [2.45, 2.75) is 58.6 Å². The molecule has 0 aliphatic heterocycles. The summed E-state index contributed by atoms with van der Waals surface area (Å²) in [6.07, 6.45) is 4.22. The number of hydrogen-bond donors (Lipinski definition) is 1. The Morgan fingerprint density at radius 1 is 1.21 bits per heavy atom. The average Bonchev–Trinajstić information content (AvgIpc) is 2.38. The third kappa shape index (κ3) is 2.95. The monoisotopic (exact) mass is 263 g/mol. The molecular formula is C15H25N3O. The molecular weight excluding hydrogens is 238 g/mol. The molecule has 1 aromatic heterocycles. The molecule has 0 radical (unpaired) electrons. The van der Waals surface area contributed by atoms with Crippen molar-refractivity contribution < 1.29 is 4.74 Å². The Hall–Kier alpha value is -1.00. The molecule has 0 atom stereocenters. The first-order chi connectivity index (χ1) is 8.91. The summed E-state index contributed by atoms with van der Waals surface area (Å²) in [6, 6.07) is 1.94. The summed E-state index contributed by atoms with van der Waals surface area (Å²) < 4.78 is 5.85. The summed E-state index contributed by atoms with van der Waals surface area (Å²) in [7, 11) is 1.77. The summed E-state index contributed by atoms with van der Waals surface area (Å²) in [5, 5.41) is 0. The van der Waals surface area contributed by atoms with Gasteiger partial charge in [-0.2, -0.15) is 0 Å². The van der Waals surface area contributed by atoms with Gasteiger partial charge < -0.3 is 10.5 Å². The number of ether oxygens (including phenoxy) is 1. The molecule has 2 N–H and O–H groups in total. The van der Waals surface area contributed by atoms with Crippen molar-refractivity contribution in [1.29, 1.82) is 0 Å². The van der Waals surface area contributed by atoms with Crippen LogP contribution in [-0.2, 0) is 16.9 Å². The van der Waals surface area contributed by atoms with Crippen LogP contribution in [0.15, 0.2) is 6.07 Å². The lowest BCUT2D eigenvalue weighted by Gasteiger charge is -2.41. The van der Waals surface area contributed by atoms with Gasteiger partial charge in [-0.05, 0) is 44.1 Å². The van der Waals surface area contributed by atoms with Gasteiger partial charge in [0.05, 0.1) is 5.69 Å². The molecule has 0 bridgehead atoms. The quantitative estimate of drug-likeness (QED) is 0.910. The van der Waals surface area contributed by atoms with E-state index >= 15 is 0 Å². The largest absolute Gasteiger partial charge is 0.370 e. The average molecular weight is 263 g/mol. The number of aryl methyl sites for hydroxylation is 1. The minimum atomic E-state index is -0.328. The van der Waals surface area contributed by atoms with Crippen molar-refractivity contribution in [2.24, 2.45) is 11.1 Å². The van der Waals surface area contributed by atoms with Crippen LogP contribution >= 0.6 is 0 Å². The summed E-state index contributed by atoms with van der Waals surface area (Å²) in [4.78, 5) is 9.21. The zero-order valence-corrected chi connectivity index (χ0v) is 12.5. The van der Waals surface area contributed by atoms with Gasteiger partial charge in [-0.1, -0.05) is 13.8 Å². The third-order valence-corrected chi connectivity index (χ3v) is 4.33. The van der Waals surface area contributed by atoms with E-state index in [4.69, 9.17) is 10.5 Å². The van der Waals surface area contributed by atoms with Gasteiger partial charge in [0, 0.05) is 19.3 Å². The third-order valence-electron chi connectivity index (χ3n) is 4.33. The number of nitrogens with two attached hydrogens (primary N) is 1. The van der Waals surface area contributed by atoms with Gasteiger partial charge >= 0.3 is 0 Å². The minimum Gasteiger partial charge on any atom is -0.370 e. The van der Waals surface area contributed by atoms with Crippen molar-refractivity contribution >= 4 is 0 Å². The fraction of sp³-hybridized carbons (Fsp3) is 0.733. The molecule has 4 heteroatoms. The maximum absolute atomic E-state index is 5.85. The molecule has 1 aliphatic carbocycles. The SMILES string of the molecule is COC1(c2nc(C)cc(CN)n2)CCC(C)(C)CC1. The lowest BCUT2D eigenvalue weighted by molar-refractivity contribution is -0.0731. The highest BCUT2D eigenvalue weighted by atomic mass is 16.5. The predicted molar refractivity (Wildman–Crippen MR) is 75.6 cm³/mol. The first kappa shape index (κ1) is 14.4. The van der Waals surface area contributed by atoms with E-state index in [1.165, 1.54) is 0 Å². The molecule has 0 unspecified atom stereocenters. The van der Waals surface area contributed by atoms with Crippen LogP contribution in [0.25, 0.3) is 0 Å².